The van der Waals surface area contributed by atoms with Crippen LogP contribution in [-0.4, -0.2) is 29.6 Å². The van der Waals surface area contributed by atoms with Gasteiger partial charge < -0.3 is 15.3 Å². The van der Waals surface area contributed by atoms with Gasteiger partial charge in [-0.2, -0.15) is 5.26 Å². The molecule has 1 fully saturated rings. The van der Waals surface area contributed by atoms with Gasteiger partial charge in [0.15, 0.2) is 0 Å². The van der Waals surface area contributed by atoms with Crippen molar-refractivity contribution >= 4 is 23.3 Å². The zero-order chi connectivity index (χ0) is 17.8. The third-order valence-corrected chi connectivity index (χ3v) is 4.26. The van der Waals surface area contributed by atoms with Crippen LogP contribution in [0.2, 0.25) is 0 Å². The first kappa shape index (κ1) is 16.5. The molecule has 0 radical (unpaired) electrons. The van der Waals surface area contributed by atoms with Crippen molar-refractivity contribution in [2.75, 3.05) is 16.8 Å². The summed E-state index contributed by atoms with van der Waals surface area (Å²) in [5.74, 6) is -1.12. The quantitative estimate of drug-likeness (QED) is 0.896. The minimum atomic E-state index is -0.986. The molecule has 0 spiro atoms. The van der Waals surface area contributed by atoms with Gasteiger partial charge in [0, 0.05) is 17.9 Å². The van der Waals surface area contributed by atoms with Crippen LogP contribution in [0.3, 0.4) is 0 Å². The fraction of sp³-hybridized carbons (Fsp3) is 0.211. The minimum absolute atomic E-state index is 0.136. The first-order chi connectivity index (χ1) is 12.1. The Morgan fingerprint density at radius 3 is 2.64 bits per heavy atom. The number of nitrogens with zero attached hydrogens (tertiary/aromatic N) is 2. The molecule has 2 aromatic carbocycles. The number of nitrogens with one attached hydrogen (secondary N) is 1. The van der Waals surface area contributed by atoms with E-state index in [0.717, 1.165) is 12.1 Å². The van der Waals surface area contributed by atoms with Crippen LogP contribution < -0.4 is 10.2 Å². The number of carboxylic acid groups (broad SMARTS) is 1. The lowest BCUT2D eigenvalue weighted by molar-refractivity contribution is -0.117. The summed E-state index contributed by atoms with van der Waals surface area (Å²) in [5, 5.41) is 20.8. The fourth-order valence-corrected chi connectivity index (χ4v) is 3.02. The van der Waals surface area contributed by atoms with Gasteiger partial charge in [-0.3, -0.25) is 4.79 Å². The van der Waals surface area contributed by atoms with Crippen LogP contribution in [0.25, 0.3) is 0 Å². The van der Waals surface area contributed by atoms with Gasteiger partial charge in [-0.1, -0.05) is 6.07 Å². The van der Waals surface area contributed by atoms with Crippen LogP contribution in [-0.2, 0) is 4.79 Å². The minimum Gasteiger partial charge on any atom is -0.478 e. The molecule has 6 nitrogen and oxygen atoms in total. The van der Waals surface area contributed by atoms with Gasteiger partial charge in [0.2, 0.25) is 5.91 Å². The lowest BCUT2D eigenvalue weighted by atomic mass is 10.1. The van der Waals surface area contributed by atoms with Crippen LogP contribution in [0.4, 0.5) is 11.4 Å². The average Bonchev–Trinajstić information content (AvgIpc) is 3.12. The highest BCUT2D eigenvalue weighted by atomic mass is 16.4. The molecule has 1 amide bonds. The fourth-order valence-electron chi connectivity index (χ4n) is 3.02. The van der Waals surface area contributed by atoms with Crippen LogP contribution in [0.15, 0.2) is 48.5 Å². The molecule has 1 heterocycles. The van der Waals surface area contributed by atoms with Crippen molar-refractivity contribution in [3.05, 3.63) is 59.7 Å². The van der Waals surface area contributed by atoms with Crippen molar-refractivity contribution in [1.29, 1.82) is 5.26 Å². The molecule has 2 aromatic rings. The van der Waals surface area contributed by atoms with E-state index in [1.807, 2.05) is 17.0 Å². The highest BCUT2D eigenvalue weighted by molar-refractivity contribution is 5.97. The molecule has 1 atom stereocenters. The van der Waals surface area contributed by atoms with Gasteiger partial charge in [-0.05, 0) is 55.3 Å². The second-order valence-electron chi connectivity index (χ2n) is 5.89. The summed E-state index contributed by atoms with van der Waals surface area (Å²) in [5.41, 5.74) is 2.11. The summed E-state index contributed by atoms with van der Waals surface area (Å²) in [4.78, 5) is 25.7. The maximum absolute atomic E-state index is 12.6. The summed E-state index contributed by atoms with van der Waals surface area (Å²) in [6, 6.07) is 15.0. The zero-order valence-electron chi connectivity index (χ0n) is 13.5. The molecule has 0 bridgehead atoms. The maximum Gasteiger partial charge on any atom is 0.335 e. The van der Waals surface area contributed by atoms with Crippen molar-refractivity contribution in [2.24, 2.45) is 0 Å². The van der Waals surface area contributed by atoms with Crippen LogP contribution >= 0.6 is 0 Å². The van der Waals surface area contributed by atoms with Crippen molar-refractivity contribution in [1.82, 2.24) is 0 Å². The number of hydrogen-bond donors (Lipinski definition) is 2. The third-order valence-electron chi connectivity index (χ3n) is 4.26. The molecule has 25 heavy (non-hydrogen) atoms. The Labute approximate surface area is 145 Å². The van der Waals surface area contributed by atoms with E-state index in [4.69, 9.17) is 10.4 Å². The number of amides is 1. The smallest absolute Gasteiger partial charge is 0.335 e. The van der Waals surface area contributed by atoms with E-state index in [9.17, 15) is 9.59 Å². The Morgan fingerprint density at radius 2 is 1.96 bits per heavy atom. The zero-order valence-corrected chi connectivity index (χ0v) is 13.5. The van der Waals surface area contributed by atoms with Crippen LogP contribution in [0.1, 0.15) is 28.8 Å². The molecule has 126 valence electrons. The summed E-state index contributed by atoms with van der Waals surface area (Å²) >= 11 is 0. The molecule has 0 saturated carbocycles. The standard InChI is InChI=1S/C19H17N3O3/c20-12-13-6-8-15(9-7-13)21-18(23)17-5-2-10-22(17)16-4-1-3-14(11-16)19(24)25/h1,3-4,6-9,11,17H,2,5,10H2,(H,21,23)(H,24,25). The maximum atomic E-state index is 12.6. The number of nitriles is 1. The molecule has 1 unspecified atom stereocenters. The molecular weight excluding hydrogens is 318 g/mol. The van der Waals surface area contributed by atoms with Crippen LogP contribution in [0, 0.1) is 11.3 Å². The molecule has 0 aliphatic carbocycles. The Balaban J connectivity index is 1.76. The van der Waals surface area contributed by atoms with E-state index in [2.05, 4.69) is 5.32 Å². The summed E-state index contributed by atoms with van der Waals surface area (Å²) in [7, 11) is 0. The van der Waals surface area contributed by atoms with E-state index in [1.165, 1.54) is 6.07 Å². The molecule has 1 aliphatic heterocycles. The van der Waals surface area contributed by atoms with E-state index in [-0.39, 0.29) is 17.5 Å². The summed E-state index contributed by atoms with van der Waals surface area (Å²) in [6.45, 7) is 0.703. The van der Waals surface area contributed by atoms with E-state index in [0.29, 0.717) is 24.2 Å². The third kappa shape index (κ3) is 3.61. The first-order valence-electron chi connectivity index (χ1n) is 7.99. The molecule has 1 saturated heterocycles. The van der Waals surface area contributed by atoms with Gasteiger partial charge in [0.25, 0.3) is 0 Å². The number of anilines is 2. The van der Waals surface area contributed by atoms with E-state index >= 15 is 0 Å². The predicted molar refractivity (Wildman–Crippen MR) is 93.6 cm³/mol. The van der Waals surface area contributed by atoms with E-state index in [1.54, 1.807) is 36.4 Å². The van der Waals surface area contributed by atoms with Crippen molar-refractivity contribution in [3.8, 4) is 6.07 Å². The largest absolute Gasteiger partial charge is 0.478 e. The number of hydrogen-bond acceptors (Lipinski definition) is 4. The molecule has 1 aliphatic rings. The molecule has 2 N–H and O–H groups in total. The SMILES string of the molecule is N#Cc1ccc(NC(=O)C2CCCN2c2cccc(C(=O)O)c2)cc1. The Hall–Kier alpha value is -3.33. The Kier molecular flexibility index (Phi) is 4.66. The second-order valence-corrected chi connectivity index (χ2v) is 5.89. The Bertz CT molecular complexity index is 840. The molecule has 3 rings (SSSR count). The van der Waals surface area contributed by atoms with Crippen LogP contribution in [0.5, 0.6) is 0 Å². The van der Waals surface area contributed by atoms with Gasteiger partial charge in [0.1, 0.15) is 6.04 Å². The topological polar surface area (TPSA) is 93.4 Å². The number of carboxylic acids is 1. The van der Waals surface area contributed by atoms with Gasteiger partial charge >= 0.3 is 5.97 Å². The first-order valence-corrected chi connectivity index (χ1v) is 7.99. The van der Waals surface area contributed by atoms with Crippen molar-refractivity contribution in [3.63, 3.8) is 0 Å². The lowest BCUT2D eigenvalue weighted by Crippen LogP contribution is -2.39. The van der Waals surface area contributed by atoms with Crippen molar-refractivity contribution < 1.29 is 14.7 Å². The predicted octanol–water partition coefficient (Wildman–Crippen LogP) is 2.86. The second kappa shape index (κ2) is 7.05. The summed E-state index contributed by atoms with van der Waals surface area (Å²) in [6.07, 6.45) is 1.57. The van der Waals surface area contributed by atoms with Gasteiger partial charge in [-0.15, -0.1) is 0 Å². The average molecular weight is 335 g/mol. The number of carbonyl (C=O) groups excluding carboxylic acids is 1. The highest BCUT2D eigenvalue weighted by Crippen LogP contribution is 2.27. The summed E-state index contributed by atoms with van der Waals surface area (Å²) < 4.78 is 0. The van der Waals surface area contributed by atoms with Gasteiger partial charge in [-0.25, -0.2) is 4.79 Å². The van der Waals surface area contributed by atoms with Crippen molar-refractivity contribution in [2.45, 2.75) is 18.9 Å². The normalized spacial score (nSPS) is 16.3. The molecule has 0 aromatic heterocycles. The monoisotopic (exact) mass is 335 g/mol. The van der Waals surface area contributed by atoms with E-state index < -0.39 is 5.97 Å². The molecular formula is C19H17N3O3. The number of aromatic carboxylic acids is 1. The number of benzene rings is 2. The molecule has 6 heteroatoms. The lowest BCUT2D eigenvalue weighted by Gasteiger charge is -2.26. The van der Waals surface area contributed by atoms with Gasteiger partial charge in [0.05, 0.1) is 17.2 Å². The number of carbonyl (C=O) groups is 2. The highest BCUT2D eigenvalue weighted by Gasteiger charge is 2.31. The Morgan fingerprint density at radius 1 is 1.20 bits per heavy atom. The number of rotatable bonds is 4.